The van der Waals surface area contributed by atoms with Gasteiger partial charge in [-0.05, 0) is 47.7 Å². The van der Waals surface area contributed by atoms with E-state index in [4.69, 9.17) is 4.74 Å². The SMILES string of the molecule is CCC[C@@H](CC(=O)c1ccc(-c2c(F)cccc2-c2nc3ccc(OC)cc3[nH]2)c(C(=O)O)c1)c1ccccc1. The van der Waals surface area contributed by atoms with E-state index in [-0.39, 0.29) is 40.4 Å². The van der Waals surface area contributed by atoms with Gasteiger partial charge in [-0.25, -0.2) is 14.2 Å². The van der Waals surface area contributed by atoms with Crippen LogP contribution in [0.15, 0.2) is 84.9 Å². The Morgan fingerprint density at radius 3 is 2.50 bits per heavy atom. The van der Waals surface area contributed by atoms with Gasteiger partial charge < -0.3 is 14.8 Å². The van der Waals surface area contributed by atoms with Crippen molar-refractivity contribution in [1.29, 1.82) is 0 Å². The van der Waals surface area contributed by atoms with E-state index in [0.717, 1.165) is 18.4 Å². The van der Waals surface area contributed by atoms with Crippen LogP contribution in [0.4, 0.5) is 4.39 Å². The second-order valence-corrected chi connectivity index (χ2v) is 9.72. The molecule has 40 heavy (non-hydrogen) atoms. The average Bonchev–Trinajstić information content (AvgIpc) is 3.40. The number of hydrogen-bond acceptors (Lipinski definition) is 4. The molecule has 1 heterocycles. The number of ketones is 1. The number of carbonyl (C=O) groups excluding carboxylic acids is 1. The number of aromatic nitrogens is 2. The fourth-order valence-electron chi connectivity index (χ4n) is 5.15. The molecule has 0 saturated carbocycles. The highest BCUT2D eigenvalue weighted by molar-refractivity contribution is 6.04. The molecule has 0 fully saturated rings. The van der Waals surface area contributed by atoms with Crippen LogP contribution in [0, 0.1) is 5.82 Å². The molecule has 7 heteroatoms. The number of nitrogens with one attached hydrogen (secondary N) is 1. The number of aromatic carboxylic acids is 1. The number of rotatable bonds is 10. The van der Waals surface area contributed by atoms with Crippen LogP contribution in [-0.2, 0) is 0 Å². The zero-order chi connectivity index (χ0) is 28.2. The summed E-state index contributed by atoms with van der Waals surface area (Å²) in [6.45, 7) is 2.07. The number of Topliss-reactive ketones (excluding diaryl/α,β-unsaturated/α-hetero) is 1. The third-order valence-corrected chi connectivity index (χ3v) is 7.14. The molecular weight excluding hydrogens is 507 g/mol. The second kappa shape index (κ2) is 11.5. The van der Waals surface area contributed by atoms with Crippen molar-refractivity contribution in [2.24, 2.45) is 0 Å². The van der Waals surface area contributed by atoms with Gasteiger partial charge in [-0.3, -0.25) is 4.79 Å². The molecule has 0 unspecified atom stereocenters. The van der Waals surface area contributed by atoms with Crippen molar-refractivity contribution in [3.8, 4) is 28.3 Å². The average molecular weight is 537 g/mol. The molecule has 0 amide bonds. The monoisotopic (exact) mass is 536 g/mol. The Labute approximate surface area is 231 Å². The van der Waals surface area contributed by atoms with E-state index in [1.165, 1.54) is 18.2 Å². The minimum absolute atomic E-state index is 0.0246. The van der Waals surface area contributed by atoms with Crippen molar-refractivity contribution < 1.29 is 23.8 Å². The van der Waals surface area contributed by atoms with E-state index in [0.29, 0.717) is 28.2 Å². The fourth-order valence-corrected chi connectivity index (χ4v) is 5.15. The van der Waals surface area contributed by atoms with Crippen molar-refractivity contribution >= 4 is 22.8 Å². The number of carbonyl (C=O) groups is 2. The number of carboxylic acids is 1. The number of nitrogens with zero attached hydrogens (tertiary/aromatic N) is 1. The van der Waals surface area contributed by atoms with Crippen LogP contribution in [0.1, 0.15) is 58.4 Å². The van der Waals surface area contributed by atoms with Gasteiger partial charge >= 0.3 is 5.97 Å². The number of hydrogen-bond donors (Lipinski definition) is 2. The lowest BCUT2D eigenvalue weighted by Gasteiger charge is -2.17. The lowest BCUT2D eigenvalue weighted by Crippen LogP contribution is -2.10. The molecule has 5 rings (SSSR count). The molecule has 2 N–H and O–H groups in total. The van der Waals surface area contributed by atoms with Gasteiger partial charge in [0.05, 0.1) is 23.7 Å². The molecule has 5 aromatic rings. The molecule has 0 saturated heterocycles. The summed E-state index contributed by atoms with van der Waals surface area (Å²) < 4.78 is 20.7. The zero-order valence-corrected chi connectivity index (χ0v) is 22.3. The Balaban J connectivity index is 1.55. The molecule has 1 atom stereocenters. The Bertz CT molecular complexity index is 1690. The number of imidazole rings is 1. The lowest BCUT2D eigenvalue weighted by molar-refractivity contribution is 0.0697. The van der Waals surface area contributed by atoms with E-state index >= 15 is 4.39 Å². The maximum atomic E-state index is 15.4. The fraction of sp³-hybridized carbons (Fsp3) is 0.182. The summed E-state index contributed by atoms with van der Waals surface area (Å²) in [5.74, 6) is -0.943. The molecule has 202 valence electrons. The first-order valence-corrected chi connectivity index (χ1v) is 13.2. The predicted octanol–water partition coefficient (Wildman–Crippen LogP) is 7.90. The van der Waals surface area contributed by atoms with E-state index < -0.39 is 11.8 Å². The van der Waals surface area contributed by atoms with Gasteiger partial charge in [0.25, 0.3) is 0 Å². The number of methoxy groups -OCH3 is 1. The molecule has 6 nitrogen and oxygen atoms in total. The van der Waals surface area contributed by atoms with Crippen LogP contribution in [0.25, 0.3) is 33.5 Å². The third kappa shape index (κ3) is 5.36. The summed E-state index contributed by atoms with van der Waals surface area (Å²) in [5.41, 5.74) is 3.24. The molecule has 0 aliphatic carbocycles. The standard InChI is InChI=1S/C33H29FN2O4/c1-3-8-21(20-9-5-4-6-10-20)18-30(37)22-13-15-24(26(17-22)33(38)39)31-25(11-7-12-27(31)34)32-35-28-16-14-23(40-2)19-29(28)36-32/h4-7,9-17,19,21H,3,8,18H2,1-2H3,(H,35,36)(H,38,39)/t21-/m0/s1. The Hall–Kier alpha value is -4.78. The van der Waals surface area contributed by atoms with Crippen molar-refractivity contribution in [2.75, 3.05) is 7.11 Å². The molecule has 0 bridgehead atoms. The number of benzene rings is 4. The van der Waals surface area contributed by atoms with Crippen LogP contribution in [-0.4, -0.2) is 33.9 Å². The van der Waals surface area contributed by atoms with E-state index in [2.05, 4.69) is 16.9 Å². The third-order valence-electron chi connectivity index (χ3n) is 7.14. The summed E-state index contributed by atoms with van der Waals surface area (Å²) in [6, 6.07) is 24.2. The molecule has 0 aliphatic heterocycles. The van der Waals surface area contributed by atoms with Crippen LogP contribution in [0.2, 0.25) is 0 Å². The maximum absolute atomic E-state index is 15.4. The molecular formula is C33H29FN2O4. The van der Waals surface area contributed by atoms with E-state index in [1.54, 1.807) is 43.5 Å². The summed E-state index contributed by atoms with van der Waals surface area (Å²) in [5, 5.41) is 10.1. The van der Waals surface area contributed by atoms with Crippen molar-refractivity contribution in [3.63, 3.8) is 0 Å². The highest BCUT2D eigenvalue weighted by atomic mass is 19.1. The minimum Gasteiger partial charge on any atom is -0.497 e. The minimum atomic E-state index is -1.25. The Morgan fingerprint density at radius 2 is 1.77 bits per heavy atom. The van der Waals surface area contributed by atoms with Crippen molar-refractivity contribution in [3.05, 3.63) is 107 Å². The molecule has 0 aliphatic rings. The number of halogens is 1. The van der Waals surface area contributed by atoms with Gasteiger partial charge in [0.2, 0.25) is 0 Å². The number of carboxylic acid groups (broad SMARTS) is 1. The predicted molar refractivity (Wildman–Crippen MR) is 153 cm³/mol. The molecule has 0 radical (unpaired) electrons. The van der Waals surface area contributed by atoms with Crippen LogP contribution < -0.4 is 4.74 Å². The van der Waals surface area contributed by atoms with Gasteiger partial charge in [0, 0.05) is 29.2 Å². The van der Waals surface area contributed by atoms with Gasteiger partial charge in [-0.15, -0.1) is 0 Å². The highest BCUT2D eigenvalue weighted by Crippen LogP contribution is 2.37. The summed E-state index contributed by atoms with van der Waals surface area (Å²) in [6.07, 6.45) is 2.00. The number of fused-ring (bicyclic) bond motifs is 1. The van der Waals surface area contributed by atoms with E-state index in [9.17, 15) is 14.7 Å². The zero-order valence-electron chi connectivity index (χ0n) is 22.3. The topological polar surface area (TPSA) is 92.3 Å². The molecule has 4 aromatic carbocycles. The van der Waals surface area contributed by atoms with Gasteiger partial charge in [0.15, 0.2) is 5.78 Å². The first-order valence-electron chi connectivity index (χ1n) is 13.2. The summed E-state index contributed by atoms with van der Waals surface area (Å²) >= 11 is 0. The number of ether oxygens (including phenoxy) is 1. The summed E-state index contributed by atoms with van der Waals surface area (Å²) in [4.78, 5) is 33.6. The van der Waals surface area contributed by atoms with Crippen LogP contribution >= 0.6 is 0 Å². The highest BCUT2D eigenvalue weighted by Gasteiger charge is 2.23. The lowest BCUT2D eigenvalue weighted by atomic mass is 9.87. The Morgan fingerprint density at radius 1 is 0.975 bits per heavy atom. The number of H-pyrrole nitrogens is 1. The normalized spacial score (nSPS) is 11.9. The quantitative estimate of drug-likeness (QED) is 0.177. The number of aromatic amines is 1. The summed E-state index contributed by atoms with van der Waals surface area (Å²) in [7, 11) is 1.57. The van der Waals surface area contributed by atoms with E-state index in [1.807, 2.05) is 30.3 Å². The Kier molecular flexibility index (Phi) is 7.73. The first-order chi connectivity index (χ1) is 19.4. The largest absolute Gasteiger partial charge is 0.497 e. The van der Waals surface area contributed by atoms with Gasteiger partial charge in [-0.2, -0.15) is 0 Å². The first kappa shape index (κ1) is 26.8. The molecule has 1 aromatic heterocycles. The van der Waals surface area contributed by atoms with Crippen molar-refractivity contribution in [1.82, 2.24) is 9.97 Å². The molecule has 0 spiro atoms. The van der Waals surface area contributed by atoms with Gasteiger partial charge in [-0.1, -0.05) is 67.9 Å². The smallest absolute Gasteiger partial charge is 0.336 e. The van der Waals surface area contributed by atoms with Crippen LogP contribution in [0.3, 0.4) is 0 Å². The second-order valence-electron chi connectivity index (χ2n) is 9.72. The maximum Gasteiger partial charge on any atom is 0.336 e. The van der Waals surface area contributed by atoms with Crippen molar-refractivity contribution in [2.45, 2.75) is 32.1 Å². The van der Waals surface area contributed by atoms with Gasteiger partial charge in [0.1, 0.15) is 17.4 Å². The van der Waals surface area contributed by atoms with Crippen LogP contribution in [0.5, 0.6) is 5.75 Å².